The fourth-order valence-electron chi connectivity index (χ4n) is 2.22. The third-order valence-corrected chi connectivity index (χ3v) is 5.79. The molecule has 0 bridgehead atoms. The second kappa shape index (κ2) is 6.00. The lowest BCUT2D eigenvalue weighted by Crippen LogP contribution is -2.54. The molecular weight excluding hydrogens is 250 g/mol. The Morgan fingerprint density at radius 2 is 1.94 bits per heavy atom. The monoisotopic (exact) mass is 273 g/mol. The highest BCUT2D eigenvalue weighted by Crippen LogP contribution is 2.29. The van der Waals surface area contributed by atoms with E-state index in [2.05, 4.69) is 11.0 Å². The first-order valence-corrected chi connectivity index (χ1v) is 8.05. The van der Waals surface area contributed by atoms with Crippen molar-refractivity contribution >= 4 is 10.0 Å². The highest BCUT2D eigenvalue weighted by molar-refractivity contribution is 7.89. The lowest BCUT2D eigenvalue weighted by atomic mass is 9.89. The number of hydrogen-bond acceptors (Lipinski definition) is 4. The number of nitrogens with zero attached hydrogens (tertiary/aromatic N) is 3. The normalized spacial score (nSPS) is 20.8. The van der Waals surface area contributed by atoms with Crippen LogP contribution < -0.4 is 0 Å². The van der Waals surface area contributed by atoms with Gasteiger partial charge in [-0.2, -0.15) is 9.57 Å². The zero-order chi connectivity index (χ0) is 13.8. The van der Waals surface area contributed by atoms with Crippen molar-refractivity contribution in [3.05, 3.63) is 0 Å². The molecule has 1 aliphatic heterocycles. The van der Waals surface area contributed by atoms with Gasteiger partial charge in [0, 0.05) is 20.1 Å². The molecule has 1 heterocycles. The van der Waals surface area contributed by atoms with Gasteiger partial charge >= 0.3 is 0 Å². The lowest BCUT2D eigenvalue weighted by molar-refractivity contribution is 0.149. The zero-order valence-corrected chi connectivity index (χ0v) is 12.3. The SMILES string of the molecule is CCCCS(=O)(=O)N(C)C1(C#N)CCN(C)CC1. The van der Waals surface area contributed by atoms with Crippen molar-refractivity contribution in [2.75, 3.05) is 32.9 Å². The van der Waals surface area contributed by atoms with Crippen LogP contribution in [0.1, 0.15) is 32.6 Å². The zero-order valence-electron chi connectivity index (χ0n) is 11.5. The number of nitriles is 1. The van der Waals surface area contributed by atoms with E-state index in [1.165, 1.54) is 4.31 Å². The van der Waals surface area contributed by atoms with Crippen LogP contribution in [-0.2, 0) is 10.0 Å². The molecule has 0 aromatic heterocycles. The minimum Gasteiger partial charge on any atom is -0.306 e. The summed E-state index contributed by atoms with van der Waals surface area (Å²) in [6.07, 6.45) is 2.66. The Labute approximate surface area is 110 Å². The van der Waals surface area contributed by atoms with Crippen LogP contribution in [0.15, 0.2) is 0 Å². The van der Waals surface area contributed by atoms with E-state index in [4.69, 9.17) is 0 Å². The molecule has 1 saturated heterocycles. The van der Waals surface area contributed by atoms with Gasteiger partial charge in [0.1, 0.15) is 5.54 Å². The van der Waals surface area contributed by atoms with Gasteiger partial charge in [0.15, 0.2) is 0 Å². The molecule has 0 amide bonds. The van der Waals surface area contributed by atoms with E-state index < -0.39 is 15.6 Å². The maximum atomic E-state index is 12.2. The molecule has 18 heavy (non-hydrogen) atoms. The maximum absolute atomic E-state index is 12.2. The Kier molecular flexibility index (Phi) is 5.14. The number of hydrogen-bond donors (Lipinski definition) is 0. The van der Waals surface area contributed by atoms with E-state index >= 15 is 0 Å². The summed E-state index contributed by atoms with van der Waals surface area (Å²) in [6.45, 7) is 3.49. The average molecular weight is 273 g/mol. The second-order valence-corrected chi connectivity index (χ2v) is 7.20. The summed E-state index contributed by atoms with van der Waals surface area (Å²) >= 11 is 0. The van der Waals surface area contributed by atoms with E-state index in [1.807, 2.05) is 14.0 Å². The van der Waals surface area contributed by atoms with Crippen molar-refractivity contribution in [1.29, 1.82) is 5.26 Å². The standard InChI is InChI=1S/C12H23N3O2S/c1-4-5-10-18(16,17)15(3)12(11-13)6-8-14(2)9-7-12/h4-10H2,1-3H3. The van der Waals surface area contributed by atoms with Crippen LogP contribution in [0, 0.1) is 11.3 Å². The van der Waals surface area contributed by atoms with Crippen molar-refractivity contribution in [2.45, 2.75) is 38.1 Å². The summed E-state index contributed by atoms with van der Waals surface area (Å²) in [5.41, 5.74) is -0.848. The van der Waals surface area contributed by atoms with Gasteiger partial charge in [-0.3, -0.25) is 0 Å². The van der Waals surface area contributed by atoms with E-state index in [0.717, 1.165) is 19.5 Å². The van der Waals surface area contributed by atoms with Gasteiger partial charge in [0.25, 0.3) is 0 Å². The predicted molar refractivity (Wildman–Crippen MR) is 71.5 cm³/mol. The van der Waals surface area contributed by atoms with E-state index in [0.29, 0.717) is 19.3 Å². The average Bonchev–Trinajstić information content (AvgIpc) is 2.37. The summed E-state index contributed by atoms with van der Waals surface area (Å²) < 4.78 is 25.7. The van der Waals surface area contributed by atoms with Crippen LogP contribution in [0.25, 0.3) is 0 Å². The third-order valence-electron chi connectivity index (χ3n) is 3.80. The van der Waals surface area contributed by atoms with Crippen molar-refractivity contribution in [3.63, 3.8) is 0 Å². The van der Waals surface area contributed by atoms with Gasteiger partial charge < -0.3 is 4.90 Å². The van der Waals surface area contributed by atoms with Gasteiger partial charge in [0.2, 0.25) is 10.0 Å². The summed E-state index contributed by atoms with van der Waals surface area (Å²) in [5.74, 6) is 0.138. The molecule has 5 nitrogen and oxygen atoms in total. The Morgan fingerprint density at radius 3 is 2.39 bits per heavy atom. The number of unbranched alkanes of at least 4 members (excludes halogenated alkanes) is 1. The van der Waals surface area contributed by atoms with Crippen LogP contribution in [0.2, 0.25) is 0 Å². The number of likely N-dealkylation sites (tertiary alicyclic amines) is 1. The second-order valence-electron chi connectivity index (χ2n) is 5.08. The minimum absolute atomic E-state index is 0.138. The molecule has 0 spiro atoms. The van der Waals surface area contributed by atoms with Crippen molar-refractivity contribution in [3.8, 4) is 6.07 Å². The Bertz CT molecular complexity index is 406. The van der Waals surface area contributed by atoms with Gasteiger partial charge in [-0.05, 0) is 26.3 Å². The van der Waals surface area contributed by atoms with Crippen LogP contribution in [0.4, 0.5) is 0 Å². The highest BCUT2D eigenvalue weighted by Gasteiger charge is 2.42. The largest absolute Gasteiger partial charge is 0.306 e. The first-order valence-electron chi connectivity index (χ1n) is 6.44. The molecule has 6 heteroatoms. The van der Waals surface area contributed by atoms with Crippen molar-refractivity contribution in [2.24, 2.45) is 0 Å². The van der Waals surface area contributed by atoms with Crippen molar-refractivity contribution in [1.82, 2.24) is 9.21 Å². The van der Waals surface area contributed by atoms with Gasteiger partial charge in [-0.1, -0.05) is 13.3 Å². The molecule has 104 valence electrons. The van der Waals surface area contributed by atoms with Gasteiger partial charge in [-0.15, -0.1) is 0 Å². The highest BCUT2D eigenvalue weighted by atomic mass is 32.2. The fraction of sp³-hybridized carbons (Fsp3) is 0.917. The summed E-state index contributed by atoms with van der Waals surface area (Å²) in [4.78, 5) is 2.13. The molecule has 0 aromatic carbocycles. The summed E-state index contributed by atoms with van der Waals surface area (Å²) in [6, 6.07) is 2.24. The molecule has 0 N–H and O–H groups in total. The molecular formula is C12H23N3O2S. The summed E-state index contributed by atoms with van der Waals surface area (Å²) in [5, 5.41) is 9.41. The molecule has 0 saturated carbocycles. The molecule has 0 aromatic rings. The quantitative estimate of drug-likeness (QED) is 0.750. The molecule has 1 fully saturated rings. The van der Waals surface area contributed by atoms with E-state index in [-0.39, 0.29) is 5.75 Å². The number of rotatable bonds is 5. The van der Waals surface area contributed by atoms with E-state index in [1.54, 1.807) is 7.05 Å². The van der Waals surface area contributed by atoms with Crippen molar-refractivity contribution < 1.29 is 8.42 Å². The fourth-order valence-corrected chi connectivity index (χ4v) is 3.90. The molecule has 0 atom stereocenters. The molecule has 0 aliphatic carbocycles. The smallest absolute Gasteiger partial charge is 0.215 e. The number of piperidine rings is 1. The van der Waals surface area contributed by atoms with Crippen LogP contribution in [0.5, 0.6) is 0 Å². The van der Waals surface area contributed by atoms with Gasteiger partial charge in [-0.25, -0.2) is 8.42 Å². The molecule has 0 unspecified atom stereocenters. The molecule has 1 rings (SSSR count). The first kappa shape index (κ1) is 15.4. The molecule has 1 aliphatic rings. The van der Waals surface area contributed by atoms with Gasteiger partial charge in [0.05, 0.1) is 11.8 Å². The Morgan fingerprint density at radius 1 is 1.39 bits per heavy atom. The third kappa shape index (κ3) is 3.22. The first-order chi connectivity index (χ1) is 8.38. The van der Waals surface area contributed by atoms with Crippen LogP contribution in [0.3, 0.4) is 0 Å². The number of sulfonamides is 1. The lowest BCUT2D eigenvalue weighted by Gasteiger charge is -2.40. The maximum Gasteiger partial charge on any atom is 0.215 e. The Balaban J connectivity index is 2.86. The summed E-state index contributed by atoms with van der Waals surface area (Å²) in [7, 11) is 0.230. The van der Waals surface area contributed by atoms with Crippen LogP contribution in [-0.4, -0.2) is 56.1 Å². The topological polar surface area (TPSA) is 64.4 Å². The van der Waals surface area contributed by atoms with E-state index in [9.17, 15) is 13.7 Å². The molecule has 0 radical (unpaired) electrons. The van der Waals surface area contributed by atoms with Crippen LogP contribution >= 0.6 is 0 Å². The minimum atomic E-state index is -3.32. The Hall–Kier alpha value is -0.640. The predicted octanol–water partition coefficient (Wildman–Crippen LogP) is 1.04.